The third-order valence-electron chi connectivity index (χ3n) is 4.58. The highest BCUT2D eigenvalue weighted by Crippen LogP contribution is 2.28. The highest BCUT2D eigenvalue weighted by Gasteiger charge is 2.31. The smallest absolute Gasteiger partial charge is 0.310 e. The van der Waals surface area contributed by atoms with Gasteiger partial charge in [0.05, 0.1) is 12.0 Å². The number of rotatable bonds is 6. The minimum atomic E-state index is -1.07. The summed E-state index contributed by atoms with van der Waals surface area (Å²) in [5, 5.41) is 9.97. The molecule has 0 unspecified atom stereocenters. The first-order chi connectivity index (χ1) is 12.4. The van der Waals surface area contributed by atoms with Crippen molar-refractivity contribution in [3.8, 4) is 0 Å². The van der Waals surface area contributed by atoms with E-state index in [9.17, 15) is 19.5 Å². The Labute approximate surface area is 154 Å². The van der Waals surface area contributed by atoms with Crippen molar-refractivity contribution in [3.05, 3.63) is 47.5 Å². The van der Waals surface area contributed by atoms with E-state index in [-0.39, 0.29) is 30.3 Å². The summed E-state index contributed by atoms with van der Waals surface area (Å²) in [6, 6.07) is 7.35. The van der Waals surface area contributed by atoms with Crippen LogP contribution in [0.2, 0.25) is 0 Å². The van der Waals surface area contributed by atoms with Crippen molar-refractivity contribution in [2.45, 2.75) is 58.2 Å². The highest BCUT2D eigenvalue weighted by molar-refractivity contribution is 5.88. The lowest BCUT2D eigenvalue weighted by molar-refractivity contribution is -0.160. The van der Waals surface area contributed by atoms with Crippen LogP contribution in [0.15, 0.2) is 36.4 Å². The topological polar surface area (TPSA) is 80.7 Å². The Kier molecular flexibility index (Phi) is 7.27. The van der Waals surface area contributed by atoms with Crippen LogP contribution >= 0.6 is 0 Å². The number of cyclic esters (lactones) is 1. The van der Waals surface area contributed by atoms with E-state index in [0.29, 0.717) is 24.8 Å². The van der Waals surface area contributed by atoms with E-state index >= 15 is 0 Å². The van der Waals surface area contributed by atoms with Crippen molar-refractivity contribution >= 4 is 17.5 Å². The Balaban J connectivity index is 2.33. The molecule has 1 aromatic rings. The van der Waals surface area contributed by atoms with Gasteiger partial charge in [-0.1, -0.05) is 43.3 Å². The molecule has 5 heteroatoms. The zero-order valence-electron chi connectivity index (χ0n) is 15.3. The van der Waals surface area contributed by atoms with Gasteiger partial charge in [-0.05, 0) is 31.7 Å². The van der Waals surface area contributed by atoms with Crippen LogP contribution in [-0.4, -0.2) is 28.7 Å². The van der Waals surface area contributed by atoms with Crippen LogP contribution in [0.25, 0.3) is 0 Å². The van der Waals surface area contributed by atoms with E-state index in [4.69, 9.17) is 4.74 Å². The molecule has 0 aromatic heterocycles. The number of fused-ring (bicyclic) bond motifs is 1. The predicted molar refractivity (Wildman–Crippen MR) is 97.4 cm³/mol. The number of ether oxygens (including phenoxy) is 1. The van der Waals surface area contributed by atoms with E-state index in [0.717, 1.165) is 5.56 Å². The maximum absolute atomic E-state index is 12.8. The number of hydrogen-bond acceptors (Lipinski definition) is 5. The number of benzene rings is 1. The standard InChI is InChI=1S/C21H26O5/c1-3-15-8-4-5-9-16-10-6-7-11-18(16)20(26-21(15)25)19(24)13-17(23)12-14(2)22/h4-7,10-11,15,17,20,23H,3,8-9,12-13H2,1-2H3/b5-4-/t15-,17-,20-/m0/s1. The average Bonchev–Trinajstić information content (AvgIpc) is 2.59. The fourth-order valence-electron chi connectivity index (χ4n) is 3.13. The summed E-state index contributed by atoms with van der Waals surface area (Å²) in [5.74, 6) is -1.29. The SMILES string of the molecule is CC[C@H]1C/C=C\Cc2ccccc2[C@@H](C(=O)C[C@@H](O)CC(C)=O)OC1=O. The Morgan fingerprint density at radius 1 is 1.23 bits per heavy atom. The summed E-state index contributed by atoms with van der Waals surface area (Å²) in [4.78, 5) is 36.5. The molecule has 2 rings (SSSR count). The normalized spacial score (nSPS) is 22.7. The molecular formula is C21H26O5. The number of ketones is 2. The van der Waals surface area contributed by atoms with E-state index < -0.39 is 18.2 Å². The third kappa shape index (κ3) is 5.36. The lowest BCUT2D eigenvalue weighted by atomic mass is 9.92. The van der Waals surface area contributed by atoms with Crippen molar-refractivity contribution < 1.29 is 24.2 Å². The molecule has 1 aliphatic rings. The first-order valence-corrected chi connectivity index (χ1v) is 9.05. The molecule has 0 saturated carbocycles. The van der Waals surface area contributed by atoms with Gasteiger partial charge >= 0.3 is 5.97 Å². The van der Waals surface area contributed by atoms with Gasteiger partial charge in [-0.15, -0.1) is 0 Å². The van der Waals surface area contributed by atoms with Crippen molar-refractivity contribution in [3.63, 3.8) is 0 Å². The van der Waals surface area contributed by atoms with Crippen LogP contribution in [0.3, 0.4) is 0 Å². The van der Waals surface area contributed by atoms with Crippen molar-refractivity contribution in [2.75, 3.05) is 0 Å². The number of esters is 1. The molecule has 140 valence electrons. The van der Waals surface area contributed by atoms with Gasteiger partial charge in [0.2, 0.25) is 0 Å². The summed E-state index contributed by atoms with van der Waals surface area (Å²) in [7, 11) is 0. The van der Waals surface area contributed by atoms with Crippen molar-refractivity contribution in [1.82, 2.24) is 0 Å². The third-order valence-corrected chi connectivity index (χ3v) is 4.58. The fourth-order valence-corrected chi connectivity index (χ4v) is 3.13. The number of aliphatic hydroxyl groups is 1. The van der Waals surface area contributed by atoms with E-state index in [1.807, 2.05) is 31.2 Å². The summed E-state index contributed by atoms with van der Waals surface area (Å²) in [5.41, 5.74) is 1.55. The maximum Gasteiger partial charge on any atom is 0.310 e. The first-order valence-electron chi connectivity index (χ1n) is 9.05. The van der Waals surface area contributed by atoms with Gasteiger partial charge in [-0.25, -0.2) is 0 Å². The molecule has 0 aliphatic carbocycles. The highest BCUT2D eigenvalue weighted by atomic mass is 16.5. The molecule has 1 aromatic carbocycles. The van der Waals surface area contributed by atoms with Gasteiger partial charge < -0.3 is 9.84 Å². The molecule has 1 aliphatic heterocycles. The van der Waals surface area contributed by atoms with E-state index in [1.165, 1.54) is 6.92 Å². The Morgan fingerprint density at radius 3 is 2.65 bits per heavy atom. The molecule has 3 atom stereocenters. The summed E-state index contributed by atoms with van der Waals surface area (Å²) < 4.78 is 5.61. The number of allylic oxidation sites excluding steroid dienone is 2. The molecular weight excluding hydrogens is 332 g/mol. The molecule has 26 heavy (non-hydrogen) atoms. The largest absolute Gasteiger partial charge is 0.449 e. The lowest BCUT2D eigenvalue weighted by Gasteiger charge is -2.24. The Morgan fingerprint density at radius 2 is 1.96 bits per heavy atom. The van der Waals surface area contributed by atoms with E-state index in [2.05, 4.69) is 0 Å². The monoisotopic (exact) mass is 358 g/mol. The second-order valence-electron chi connectivity index (χ2n) is 6.76. The number of Topliss-reactive ketones (excluding diaryl/α,β-unsaturated/α-hetero) is 2. The molecule has 0 fully saturated rings. The molecule has 0 amide bonds. The van der Waals surface area contributed by atoms with Gasteiger partial charge in [0.15, 0.2) is 11.9 Å². The van der Waals surface area contributed by atoms with E-state index in [1.54, 1.807) is 12.1 Å². The zero-order valence-corrected chi connectivity index (χ0v) is 15.3. The van der Waals surface area contributed by atoms with Crippen molar-refractivity contribution in [1.29, 1.82) is 0 Å². The Hall–Kier alpha value is -2.27. The minimum absolute atomic E-state index is 0.0889. The van der Waals surface area contributed by atoms with Crippen molar-refractivity contribution in [2.24, 2.45) is 5.92 Å². The average molecular weight is 358 g/mol. The molecule has 0 bridgehead atoms. The predicted octanol–water partition coefficient (Wildman–Crippen LogP) is 3.10. The number of hydrogen-bond donors (Lipinski definition) is 1. The van der Waals surface area contributed by atoms with Gasteiger partial charge in [0.1, 0.15) is 5.78 Å². The van der Waals surface area contributed by atoms with Gasteiger partial charge in [0.25, 0.3) is 0 Å². The molecule has 1 N–H and O–H groups in total. The summed E-state index contributed by atoms with van der Waals surface area (Å²) in [6.45, 7) is 3.28. The Bertz CT molecular complexity index is 691. The second-order valence-corrected chi connectivity index (χ2v) is 6.76. The van der Waals surface area contributed by atoms with Gasteiger partial charge in [-0.3, -0.25) is 14.4 Å². The second kappa shape index (κ2) is 9.43. The fraction of sp³-hybridized carbons (Fsp3) is 0.476. The molecule has 0 saturated heterocycles. The van der Waals surface area contributed by atoms with Gasteiger partial charge in [-0.2, -0.15) is 0 Å². The number of carbonyl (C=O) groups excluding carboxylic acids is 3. The van der Waals surface area contributed by atoms with Crippen LogP contribution in [0.1, 0.15) is 56.8 Å². The summed E-state index contributed by atoms with van der Waals surface area (Å²) in [6.07, 6.45) is 3.39. The molecule has 5 nitrogen and oxygen atoms in total. The maximum atomic E-state index is 12.8. The van der Waals surface area contributed by atoms with Gasteiger partial charge in [0, 0.05) is 18.4 Å². The molecule has 1 heterocycles. The number of aliphatic hydroxyl groups excluding tert-OH is 1. The first kappa shape index (κ1) is 20.0. The summed E-state index contributed by atoms with van der Waals surface area (Å²) >= 11 is 0. The quantitative estimate of drug-likeness (QED) is 0.624. The molecule has 0 radical (unpaired) electrons. The number of carbonyl (C=O) groups is 3. The van der Waals surface area contributed by atoms with Crippen LogP contribution in [-0.2, 0) is 25.5 Å². The molecule has 0 spiro atoms. The van der Waals surface area contributed by atoms with Crippen LogP contribution in [0.4, 0.5) is 0 Å². The minimum Gasteiger partial charge on any atom is -0.449 e. The zero-order chi connectivity index (χ0) is 19.1. The van der Waals surface area contributed by atoms with Crippen LogP contribution in [0, 0.1) is 5.92 Å². The van der Waals surface area contributed by atoms with Crippen LogP contribution in [0.5, 0.6) is 0 Å². The van der Waals surface area contributed by atoms with Crippen LogP contribution < -0.4 is 0 Å². The lowest BCUT2D eigenvalue weighted by Crippen LogP contribution is -2.28.